The highest BCUT2D eigenvalue weighted by atomic mass is 16.3. The fourth-order valence-corrected chi connectivity index (χ4v) is 1.94. The molecule has 1 amide bonds. The van der Waals surface area contributed by atoms with Crippen LogP contribution in [-0.4, -0.2) is 26.0 Å². The third-order valence-electron chi connectivity index (χ3n) is 2.94. The number of hydrogen-bond donors (Lipinski definition) is 2. The molecule has 2 N–H and O–H groups in total. The molecule has 0 saturated carbocycles. The monoisotopic (exact) mass is 246 g/mol. The van der Waals surface area contributed by atoms with Crippen molar-refractivity contribution in [3.8, 4) is 0 Å². The summed E-state index contributed by atoms with van der Waals surface area (Å²) < 4.78 is 5.59. The summed E-state index contributed by atoms with van der Waals surface area (Å²) in [5, 5.41) is 6.90. The fraction of sp³-hybridized carbons (Fsp3) is 0.357. The van der Waals surface area contributed by atoms with Crippen molar-refractivity contribution < 1.29 is 9.21 Å². The molecule has 1 heterocycles. The van der Waals surface area contributed by atoms with Gasteiger partial charge in [0.15, 0.2) is 5.76 Å². The van der Waals surface area contributed by atoms with Crippen LogP contribution >= 0.6 is 0 Å². The first-order valence-corrected chi connectivity index (χ1v) is 6.15. The van der Waals surface area contributed by atoms with Gasteiger partial charge in [-0.05, 0) is 33.0 Å². The third-order valence-corrected chi connectivity index (χ3v) is 2.94. The number of amides is 1. The topological polar surface area (TPSA) is 54.3 Å². The van der Waals surface area contributed by atoms with Gasteiger partial charge in [-0.25, -0.2) is 0 Å². The van der Waals surface area contributed by atoms with Crippen molar-refractivity contribution in [2.24, 2.45) is 0 Å². The minimum absolute atomic E-state index is 0.139. The first-order chi connectivity index (χ1) is 8.74. The van der Waals surface area contributed by atoms with E-state index in [1.807, 2.05) is 38.2 Å². The van der Waals surface area contributed by atoms with Gasteiger partial charge in [0.25, 0.3) is 5.91 Å². The van der Waals surface area contributed by atoms with E-state index in [-0.39, 0.29) is 5.91 Å². The predicted molar refractivity (Wildman–Crippen MR) is 71.8 cm³/mol. The first-order valence-electron chi connectivity index (χ1n) is 6.15. The van der Waals surface area contributed by atoms with Crippen LogP contribution in [0, 0.1) is 6.92 Å². The molecule has 0 aliphatic heterocycles. The highest BCUT2D eigenvalue weighted by molar-refractivity contribution is 5.98. The maximum atomic E-state index is 12.0. The zero-order valence-corrected chi connectivity index (χ0v) is 10.7. The van der Waals surface area contributed by atoms with Crippen molar-refractivity contribution >= 4 is 16.9 Å². The van der Waals surface area contributed by atoms with E-state index >= 15 is 0 Å². The highest BCUT2D eigenvalue weighted by Crippen LogP contribution is 2.24. The van der Waals surface area contributed by atoms with Gasteiger partial charge in [-0.3, -0.25) is 4.79 Å². The van der Waals surface area contributed by atoms with Crippen LogP contribution < -0.4 is 10.6 Å². The minimum atomic E-state index is -0.139. The van der Waals surface area contributed by atoms with Crippen LogP contribution in [0.15, 0.2) is 28.7 Å². The fourth-order valence-electron chi connectivity index (χ4n) is 1.94. The number of benzene rings is 1. The second-order valence-corrected chi connectivity index (χ2v) is 4.27. The van der Waals surface area contributed by atoms with E-state index in [2.05, 4.69) is 10.6 Å². The van der Waals surface area contributed by atoms with Crippen LogP contribution in [0.3, 0.4) is 0 Å². The summed E-state index contributed by atoms with van der Waals surface area (Å²) in [7, 11) is 1.89. The Morgan fingerprint density at radius 1 is 1.28 bits per heavy atom. The van der Waals surface area contributed by atoms with Crippen LogP contribution in [0.25, 0.3) is 11.0 Å². The standard InChI is InChI=1S/C14H18N2O2/c1-10-11-6-3-4-7-12(11)18-13(10)14(17)16-9-5-8-15-2/h3-4,6-7,15H,5,8-9H2,1-2H3,(H,16,17). The molecule has 0 bridgehead atoms. The molecule has 0 saturated heterocycles. The second kappa shape index (κ2) is 5.69. The van der Waals surface area contributed by atoms with E-state index < -0.39 is 0 Å². The molecule has 4 heteroatoms. The van der Waals surface area contributed by atoms with Crippen LogP contribution in [0.4, 0.5) is 0 Å². The Morgan fingerprint density at radius 2 is 2.06 bits per heavy atom. The van der Waals surface area contributed by atoms with Crippen molar-refractivity contribution in [3.63, 3.8) is 0 Å². The molecule has 0 aliphatic rings. The number of hydrogen-bond acceptors (Lipinski definition) is 3. The summed E-state index contributed by atoms with van der Waals surface area (Å²) in [5.41, 5.74) is 1.66. The zero-order chi connectivity index (χ0) is 13.0. The summed E-state index contributed by atoms with van der Waals surface area (Å²) in [6.45, 7) is 3.45. The molecular formula is C14H18N2O2. The van der Waals surface area contributed by atoms with E-state index in [1.165, 1.54) is 0 Å². The number of furan rings is 1. The molecule has 1 aromatic carbocycles. The molecule has 96 valence electrons. The van der Waals surface area contributed by atoms with E-state index in [1.54, 1.807) is 0 Å². The summed E-state index contributed by atoms with van der Waals surface area (Å²) in [4.78, 5) is 12.0. The Balaban J connectivity index is 2.10. The number of fused-ring (bicyclic) bond motifs is 1. The van der Waals surface area contributed by atoms with Crippen LogP contribution in [-0.2, 0) is 0 Å². The molecule has 18 heavy (non-hydrogen) atoms. The second-order valence-electron chi connectivity index (χ2n) is 4.27. The smallest absolute Gasteiger partial charge is 0.287 e. The van der Waals surface area contributed by atoms with E-state index in [9.17, 15) is 4.79 Å². The van der Waals surface area contributed by atoms with Gasteiger partial charge in [0.2, 0.25) is 0 Å². The highest BCUT2D eigenvalue weighted by Gasteiger charge is 2.16. The summed E-state index contributed by atoms with van der Waals surface area (Å²) in [6.07, 6.45) is 0.904. The molecule has 0 unspecified atom stereocenters. The maximum absolute atomic E-state index is 12.0. The van der Waals surface area contributed by atoms with Gasteiger partial charge in [-0.15, -0.1) is 0 Å². The lowest BCUT2D eigenvalue weighted by Crippen LogP contribution is -2.26. The third kappa shape index (κ3) is 2.54. The summed E-state index contributed by atoms with van der Waals surface area (Å²) in [6, 6.07) is 7.69. The van der Waals surface area contributed by atoms with Crippen molar-refractivity contribution in [1.82, 2.24) is 10.6 Å². The Hall–Kier alpha value is -1.81. The van der Waals surface area contributed by atoms with Gasteiger partial charge < -0.3 is 15.1 Å². The average molecular weight is 246 g/mol. The van der Waals surface area contributed by atoms with Crippen LogP contribution in [0.2, 0.25) is 0 Å². The van der Waals surface area contributed by atoms with Crippen molar-refractivity contribution in [2.45, 2.75) is 13.3 Å². The number of aryl methyl sites for hydroxylation is 1. The first kappa shape index (κ1) is 12.6. The van der Waals surface area contributed by atoms with Crippen LogP contribution in [0.5, 0.6) is 0 Å². The normalized spacial score (nSPS) is 10.8. The van der Waals surface area contributed by atoms with Gasteiger partial charge in [0, 0.05) is 17.5 Å². The Bertz CT molecular complexity index is 546. The number of carbonyl (C=O) groups excluding carboxylic acids is 1. The number of rotatable bonds is 5. The molecule has 0 spiro atoms. The number of para-hydroxylation sites is 1. The summed E-state index contributed by atoms with van der Waals surface area (Å²) >= 11 is 0. The lowest BCUT2D eigenvalue weighted by Gasteiger charge is -2.03. The van der Waals surface area contributed by atoms with Gasteiger partial charge in [-0.1, -0.05) is 18.2 Å². The Kier molecular flexibility index (Phi) is 3.99. The lowest BCUT2D eigenvalue weighted by atomic mass is 10.1. The molecule has 4 nitrogen and oxygen atoms in total. The lowest BCUT2D eigenvalue weighted by molar-refractivity contribution is 0.0927. The van der Waals surface area contributed by atoms with Crippen LogP contribution in [0.1, 0.15) is 22.5 Å². The number of nitrogens with one attached hydrogen (secondary N) is 2. The number of carbonyl (C=O) groups is 1. The van der Waals surface area contributed by atoms with Crippen molar-refractivity contribution in [1.29, 1.82) is 0 Å². The molecule has 2 rings (SSSR count). The van der Waals surface area contributed by atoms with Gasteiger partial charge in [0.1, 0.15) is 5.58 Å². The molecule has 2 aromatic rings. The summed E-state index contributed by atoms with van der Waals surface area (Å²) in [5.74, 6) is 0.278. The van der Waals surface area contributed by atoms with Crippen molar-refractivity contribution in [2.75, 3.05) is 20.1 Å². The molecular weight excluding hydrogens is 228 g/mol. The Labute approximate surface area is 106 Å². The van der Waals surface area contributed by atoms with E-state index in [0.29, 0.717) is 12.3 Å². The zero-order valence-electron chi connectivity index (χ0n) is 10.7. The molecule has 1 aromatic heterocycles. The molecule has 0 radical (unpaired) electrons. The van der Waals surface area contributed by atoms with Gasteiger partial charge in [0.05, 0.1) is 0 Å². The van der Waals surface area contributed by atoms with Crippen molar-refractivity contribution in [3.05, 3.63) is 35.6 Å². The van der Waals surface area contributed by atoms with Gasteiger partial charge in [-0.2, -0.15) is 0 Å². The minimum Gasteiger partial charge on any atom is -0.451 e. The van der Waals surface area contributed by atoms with Gasteiger partial charge >= 0.3 is 0 Å². The maximum Gasteiger partial charge on any atom is 0.287 e. The molecule has 0 fully saturated rings. The molecule has 0 atom stereocenters. The van der Waals surface area contributed by atoms with E-state index in [0.717, 1.165) is 29.5 Å². The Morgan fingerprint density at radius 3 is 2.78 bits per heavy atom. The predicted octanol–water partition coefficient (Wildman–Crippen LogP) is 2.08. The van der Waals surface area contributed by atoms with E-state index in [4.69, 9.17) is 4.42 Å². The average Bonchev–Trinajstić information content (AvgIpc) is 2.73. The largest absolute Gasteiger partial charge is 0.451 e. The quantitative estimate of drug-likeness (QED) is 0.794. The molecule has 0 aliphatic carbocycles. The SMILES string of the molecule is CNCCCNC(=O)c1oc2ccccc2c1C.